The SMILES string of the molecule is [2H]c1cc(Br)ccc1C(F)F. The molecule has 54 valence electrons. The summed E-state index contributed by atoms with van der Waals surface area (Å²) < 4.78 is 31.8. The van der Waals surface area contributed by atoms with Crippen LogP contribution in [0.25, 0.3) is 0 Å². The van der Waals surface area contributed by atoms with Gasteiger partial charge in [-0.3, -0.25) is 0 Å². The van der Waals surface area contributed by atoms with E-state index >= 15 is 0 Å². The average Bonchev–Trinajstić information content (AvgIpc) is 1.85. The van der Waals surface area contributed by atoms with Gasteiger partial charge in [-0.25, -0.2) is 8.78 Å². The van der Waals surface area contributed by atoms with Crippen molar-refractivity contribution in [2.45, 2.75) is 6.43 Å². The molecular weight excluding hydrogens is 202 g/mol. The van der Waals surface area contributed by atoms with Crippen LogP contribution in [0.1, 0.15) is 13.4 Å². The summed E-state index contributed by atoms with van der Waals surface area (Å²) in [6.45, 7) is 0. The highest BCUT2D eigenvalue weighted by Crippen LogP contribution is 2.20. The molecule has 0 aliphatic carbocycles. The lowest BCUT2D eigenvalue weighted by molar-refractivity contribution is 0.151. The standard InChI is InChI=1S/C7H5BrF2/c8-6-3-1-5(2-4-6)7(9)10/h1-4,7H/i1D. The maximum Gasteiger partial charge on any atom is 0.263 e. The van der Waals surface area contributed by atoms with Gasteiger partial charge in [0.15, 0.2) is 0 Å². The molecule has 0 aromatic heterocycles. The Morgan fingerprint density at radius 1 is 1.40 bits per heavy atom. The number of halogens is 3. The minimum absolute atomic E-state index is 0.130. The zero-order valence-electron chi connectivity index (χ0n) is 5.94. The highest BCUT2D eigenvalue weighted by atomic mass is 79.9. The minimum Gasteiger partial charge on any atom is -0.205 e. The third-order valence-corrected chi connectivity index (χ3v) is 1.53. The fourth-order valence-electron chi connectivity index (χ4n) is 0.554. The Morgan fingerprint density at radius 2 is 2.10 bits per heavy atom. The summed E-state index contributed by atoms with van der Waals surface area (Å²) in [5, 5.41) is 0. The molecule has 0 amide bonds. The fourth-order valence-corrected chi connectivity index (χ4v) is 0.800. The van der Waals surface area contributed by atoms with Crippen LogP contribution in [0.5, 0.6) is 0 Å². The highest BCUT2D eigenvalue weighted by molar-refractivity contribution is 9.10. The van der Waals surface area contributed by atoms with Crippen LogP contribution in [0.2, 0.25) is 0 Å². The van der Waals surface area contributed by atoms with E-state index in [4.69, 9.17) is 1.37 Å². The number of benzene rings is 1. The Morgan fingerprint density at radius 3 is 2.60 bits per heavy atom. The second kappa shape index (κ2) is 3.10. The average molecular weight is 208 g/mol. The first-order chi connectivity index (χ1) is 5.11. The first-order valence-corrected chi connectivity index (χ1v) is 3.45. The van der Waals surface area contributed by atoms with Crippen LogP contribution in [-0.4, -0.2) is 0 Å². The van der Waals surface area contributed by atoms with Crippen LogP contribution in [0.15, 0.2) is 28.7 Å². The van der Waals surface area contributed by atoms with E-state index in [0.29, 0.717) is 4.47 Å². The van der Waals surface area contributed by atoms with Gasteiger partial charge in [0, 0.05) is 10.0 Å². The van der Waals surface area contributed by atoms with Gasteiger partial charge in [0.1, 0.15) is 0 Å². The van der Waals surface area contributed by atoms with Crippen LogP contribution < -0.4 is 0 Å². The van der Waals surface area contributed by atoms with Crippen molar-refractivity contribution in [2.24, 2.45) is 0 Å². The van der Waals surface area contributed by atoms with Crippen molar-refractivity contribution in [3.05, 3.63) is 34.3 Å². The van der Waals surface area contributed by atoms with Gasteiger partial charge in [0.25, 0.3) is 6.43 Å². The summed E-state index contributed by atoms with van der Waals surface area (Å²) in [5.41, 5.74) is -0.229. The van der Waals surface area contributed by atoms with E-state index in [-0.39, 0.29) is 11.6 Å². The molecular formula is C7H5BrF2. The Labute approximate surface area is 67.4 Å². The maximum absolute atomic E-state index is 12.0. The summed E-state index contributed by atoms with van der Waals surface area (Å²) in [6, 6.07) is 3.97. The molecule has 0 radical (unpaired) electrons. The highest BCUT2D eigenvalue weighted by Gasteiger charge is 2.04. The first kappa shape index (κ1) is 6.28. The molecule has 0 nitrogen and oxygen atoms in total. The van der Waals surface area contributed by atoms with E-state index in [1.807, 2.05) is 0 Å². The molecule has 3 heteroatoms. The molecule has 0 saturated carbocycles. The number of hydrogen-bond acceptors (Lipinski definition) is 0. The van der Waals surface area contributed by atoms with Gasteiger partial charge in [-0.2, -0.15) is 0 Å². The van der Waals surface area contributed by atoms with Crippen LogP contribution in [0.4, 0.5) is 8.78 Å². The molecule has 1 aromatic carbocycles. The van der Waals surface area contributed by atoms with Gasteiger partial charge in [0.2, 0.25) is 0 Å². The molecule has 0 spiro atoms. The van der Waals surface area contributed by atoms with Crippen LogP contribution in [-0.2, 0) is 0 Å². The van der Waals surface area contributed by atoms with Crippen LogP contribution in [0.3, 0.4) is 0 Å². The molecule has 0 aliphatic heterocycles. The van der Waals surface area contributed by atoms with E-state index in [2.05, 4.69) is 15.9 Å². The Kier molecular flexibility index (Phi) is 1.95. The van der Waals surface area contributed by atoms with E-state index in [9.17, 15) is 8.78 Å². The fraction of sp³-hybridized carbons (Fsp3) is 0.143. The molecule has 10 heavy (non-hydrogen) atoms. The summed E-state index contributed by atoms with van der Waals surface area (Å²) in [4.78, 5) is 0. The van der Waals surface area contributed by atoms with Crippen molar-refractivity contribution in [1.82, 2.24) is 0 Å². The molecule has 0 aliphatic rings. The summed E-state index contributed by atoms with van der Waals surface area (Å²) in [6.07, 6.45) is -2.56. The molecule has 0 heterocycles. The first-order valence-electron chi connectivity index (χ1n) is 3.15. The predicted octanol–water partition coefficient (Wildman–Crippen LogP) is 3.39. The van der Waals surface area contributed by atoms with E-state index < -0.39 is 6.43 Å². The molecule has 0 unspecified atom stereocenters. The number of alkyl halides is 2. The summed E-state index contributed by atoms with van der Waals surface area (Å²) in [7, 11) is 0. The van der Waals surface area contributed by atoms with Gasteiger partial charge < -0.3 is 0 Å². The normalized spacial score (nSPS) is 11.8. The van der Waals surface area contributed by atoms with Gasteiger partial charge in [-0.1, -0.05) is 28.0 Å². The second-order valence-electron chi connectivity index (χ2n) is 1.76. The topological polar surface area (TPSA) is 0 Å². The Bertz CT molecular complexity index is 263. The molecule has 1 rings (SSSR count). The lowest BCUT2D eigenvalue weighted by Gasteiger charge is -1.96. The molecule has 0 fully saturated rings. The van der Waals surface area contributed by atoms with E-state index in [1.54, 1.807) is 0 Å². The van der Waals surface area contributed by atoms with Gasteiger partial charge in [-0.05, 0) is 12.1 Å². The van der Waals surface area contributed by atoms with Crippen molar-refractivity contribution in [3.8, 4) is 0 Å². The summed E-state index contributed by atoms with van der Waals surface area (Å²) in [5.74, 6) is 0. The third-order valence-electron chi connectivity index (χ3n) is 1.03. The number of hydrogen-bond donors (Lipinski definition) is 0. The largest absolute Gasteiger partial charge is 0.263 e. The quantitative estimate of drug-likeness (QED) is 0.663. The lowest BCUT2D eigenvalue weighted by atomic mass is 10.2. The smallest absolute Gasteiger partial charge is 0.205 e. The Balaban J connectivity index is 3.09. The van der Waals surface area contributed by atoms with Gasteiger partial charge in [0.05, 0.1) is 1.37 Å². The van der Waals surface area contributed by atoms with E-state index in [0.717, 1.165) is 0 Å². The predicted molar refractivity (Wildman–Crippen MR) is 39.1 cm³/mol. The van der Waals surface area contributed by atoms with E-state index in [1.165, 1.54) is 18.2 Å². The Hall–Kier alpha value is -0.440. The van der Waals surface area contributed by atoms with Gasteiger partial charge in [-0.15, -0.1) is 0 Å². The van der Waals surface area contributed by atoms with Crippen molar-refractivity contribution < 1.29 is 10.2 Å². The molecule has 0 atom stereocenters. The molecule has 0 saturated heterocycles. The lowest BCUT2D eigenvalue weighted by Crippen LogP contribution is -1.80. The molecule has 0 N–H and O–H groups in total. The zero-order valence-corrected chi connectivity index (χ0v) is 6.53. The monoisotopic (exact) mass is 207 g/mol. The zero-order chi connectivity index (χ0) is 8.43. The molecule has 0 bridgehead atoms. The third kappa shape index (κ3) is 1.77. The maximum atomic E-state index is 12.0. The van der Waals surface area contributed by atoms with Gasteiger partial charge >= 0.3 is 0 Å². The van der Waals surface area contributed by atoms with Crippen molar-refractivity contribution in [2.75, 3.05) is 0 Å². The van der Waals surface area contributed by atoms with Crippen molar-refractivity contribution in [1.29, 1.82) is 0 Å². The second-order valence-corrected chi connectivity index (χ2v) is 2.68. The minimum atomic E-state index is -2.56. The molecule has 1 aromatic rings. The van der Waals surface area contributed by atoms with Crippen LogP contribution >= 0.6 is 15.9 Å². The van der Waals surface area contributed by atoms with Crippen LogP contribution in [0, 0.1) is 0 Å². The number of rotatable bonds is 1. The van der Waals surface area contributed by atoms with Crippen molar-refractivity contribution >= 4 is 15.9 Å². The van der Waals surface area contributed by atoms with Crippen molar-refractivity contribution in [3.63, 3.8) is 0 Å². The summed E-state index contributed by atoms with van der Waals surface area (Å²) >= 11 is 3.08.